The molecule has 7 heteroatoms. The van der Waals surface area contributed by atoms with E-state index in [-0.39, 0.29) is 17.9 Å². The van der Waals surface area contributed by atoms with Crippen LogP contribution in [0.15, 0.2) is 73.1 Å². The lowest BCUT2D eigenvalue weighted by atomic mass is 10.0. The van der Waals surface area contributed by atoms with Crippen molar-refractivity contribution in [3.8, 4) is 0 Å². The second-order valence-electron chi connectivity index (χ2n) is 6.95. The van der Waals surface area contributed by atoms with Crippen molar-refractivity contribution in [3.05, 3.63) is 94.8 Å². The molecule has 31 heavy (non-hydrogen) atoms. The number of aromatic amines is 1. The Labute approximate surface area is 183 Å². The first-order valence-corrected chi connectivity index (χ1v) is 9.89. The minimum absolute atomic E-state index is 0.164. The van der Waals surface area contributed by atoms with Gasteiger partial charge in [0.25, 0.3) is 0 Å². The second-order valence-corrected chi connectivity index (χ2v) is 7.38. The van der Waals surface area contributed by atoms with Crippen molar-refractivity contribution < 1.29 is 14.7 Å². The number of carbonyl (C=O) groups excluding carboxylic acids is 1. The van der Waals surface area contributed by atoms with Gasteiger partial charge in [-0.2, -0.15) is 0 Å². The van der Waals surface area contributed by atoms with Gasteiger partial charge in [-0.05, 0) is 35.4 Å². The molecule has 0 aliphatic carbocycles. The molecule has 0 spiro atoms. The van der Waals surface area contributed by atoms with Crippen molar-refractivity contribution in [1.82, 2.24) is 9.97 Å². The molecular weight excluding hydrogens is 414 g/mol. The molecule has 0 fully saturated rings. The number of hydrogen-bond acceptors (Lipinski definition) is 3. The van der Waals surface area contributed by atoms with Crippen LogP contribution in [0.25, 0.3) is 22.7 Å². The highest BCUT2D eigenvalue weighted by Crippen LogP contribution is 2.25. The molecule has 1 amide bonds. The SMILES string of the molecule is O=C(Cc1cccc(Cl)c1)Nc1cnc2[nH]cc(/C=C(/C(=O)O)c3ccccc3)c2c1. The van der Waals surface area contributed by atoms with E-state index in [2.05, 4.69) is 15.3 Å². The zero-order valence-electron chi connectivity index (χ0n) is 16.3. The summed E-state index contributed by atoms with van der Waals surface area (Å²) in [4.78, 5) is 31.6. The minimum atomic E-state index is -1.03. The van der Waals surface area contributed by atoms with Crippen LogP contribution in [0.2, 0.25) is 5.02 Å². The average Bonchev–Trinajstić information content (AvgIpc) is 3.14. The number of nitrogens with zero attached hydrogens (tertiary/aromatic N) is 1. The predicted molar refractivity (Wildman–Crippen MR) is 122 cm³/mol. The number of rotatable bonds is 6. The zero-order chi connectivity index (χ0) is 21.8. The summed E-state index contributed by atoms with van der Waals surface area (Å²) in [5.41, 5.74) is 3.34. The van der Waals surface area contributed by atoms with Gasteiger partial charge in [0.05, 0.1) is 23.9 Å². The van der Waals surface area contributed by atoms with E-state index < -0.39 is 5.97 Å². The van der Waals surface area contributed by atoms with Crippen molar-refractivity contribution in [2.45, 2.75) is 6.42 Å². The third-order valence-electron chi connectivity index (χ3n) is 4.72. The van der Waals surface area contributed by atoms with Crippen molar-refractivity contribution in [1.29, 1.82) is 0 Å². The summed E-state index contributed by atoms with van der Waals surface area (Å²) in [6.07, 6.45) is 5.02. The van der Waals surface area contributed by atoms with Gasteiger partial charge >= 0.3 is 5.97 Å². The van der Waals surface area contributed by atoms with Crippen molar-refractivity contribution in [2.24, 2.45) is 0 Å². The Bertz CT molecular complexity index is 1300. The summed E-state index contributed by atoms with van der Waals surface area (Å²) in [6, 6.07) is 17.8. The van der Waals surface area contributed by atoms with Gasteiger partial charge in [0.2, 0.25) is 5.91 Å². The van der Waals surface area contributed by atoms with Crippen LogP contribution in [0.5, 0.6) is 0 Å². The van der Waals surface area contributed by atoms with E-state index in [1.165, 1.54) is 0 Å². The van der Waals surface area contributed by atoms with Gasteiger partial charge < -0.3 is 15.4 Å². The van der Waals surface area contributed by atoms with Gasteiger partial charge in [-0.25, -0.2) is 9.78 Å². The molecule has 0 aliphatic heterocycles. The number of aliphatic carboxylic acids is 1. The molecule has 2 aromatic heterocycles. The Kier molecular flexibility index (Phi) is 5.82. The van der Waals surface area contributed by atoms with E-state index >= 15 is 0 Å². The number of fused-ring (bicyclic) bond motifs is 1. The molecule has 2 aromatic carbocycles. The van der Waals surface area contributed by atoms with Crippen molar-refractivity contribution in [3.63, 3.8) is 0 Å². The van der Waals surface area contributed by atoms with E-state index in [0.717, 1.165) is 5.56 Å². The van der Waals surface area contributed by atoms with Crippen LogP contribution in [0.1, 0.15) is 16.7 Å². The fourth-order valence-corrected chi connectivity index (χ4v) is 3.50. The van der Waals surface area contributed by atoms with Crippen molar-refractivity contribution >= 4 is 51.8 Å². The van der Waals surface area contributed by atoms with Crippen molar-refractivity contribution in [2.75, 3.05) is 5.32 Å². The maximum absolute atomic E-state index is 12.4. The standard InChI is InChI=1S/C24H18ClN3O3/c25-18-8-4-5-15(9-18)10-22(29)28-19-12-20-17(13-26-23(20)27-14-19)11-21(24(30)31)16-6-2-1-3-7-16/h1-9,11-14H,10H2,(H,26,27)(H,28,29)(H,30,31)/b21-11+. The van der Waals surface area contributed by atoms with E-state index in [4.69, 9.17) is 11.6 Å². The molecule has 2 heterocycles. The summed E-state index contributed by atoms with van der Waals surface area (Å²) >= 11 is 5.97. The Morgan fingerprint density at radius 1 is 1.10 bits per heavy atom. The van der Waals surface area contributed by atoms with Crippen LogP contribution in [-0.2, 0) is 16.0 Å². The fraction of sp³-hybridized carbons (Fsp3) is 0.0417. The Hall–Kier alpha value is -3.90. The molecule has 4 rings (SSSR count). The van der Waals surface area contributed by atoms with Gasteiger partial charge in [-0.3, -0.25) is 4.79 Å². The maximum Gasteiger partial charge on any atom is 0.336 e. The number of amides is 1. The lowest BCUT2D eigenvalue weighted by Gasteiger charge is -2.06. The van der Waals surface area contributed by atoms with E-state index in [0.29, 0.717) is 32.9 Å². The second kappa shape index (κ2) is 8.85. The number of aromatic nitrogens is 2. The fourth-order valence-electron chi connectivity index (χ4n) is 3.29. The summed E-state index contributed by atoms with van der Waals surface area (Å²) in [5, 5.41) is 13.8. The molecular formula is C24H18ClN3O3. The molecule has 6 nitrogen and oxygen atoms in total. The molecule has 0 saturated carbocycles. The van der Waals surface area contributed by atoms with E-state index in [1.54, 1.807) is 67.0 Å². The quantitative estimate of drug-likeness (QED) is 0.373. The highest BCUT2D eigenvalue weighted by Gasteiger charge is 2.13. The maximum atomic E-state index is 12.4. The van der Waals surface area contributed by atoms with Gasteiger partial charge in [0.15, 0.2) is 0 Å². The van der Waals surface area contributed by atoms with Crippen LogP contribution in [0.4, 0.5) is 5.69 Å². The summed E-state index contributed by atoms with van der Waals surface area (Å²) in [6.45, 7) is 0. The molecule has 0 aliphatic rings. The molecule has 0 radical (unpaired) electrons. The third-order valence-corrected chi connectivity index (χ3v) is 4.95. The topological polar surface area (TPSA) is 95.1 Å². The highest BCUT2D eigenvalue weighted by molar-refractivity contribution is 6.30. The van der Waals surface area contributed by atoms with Gasteiger partial charge in [-0.15, -0.1) is 0 Å². The molecule has 0 saturated heterocycles. The summed E-state index contributed by atoms with van der Waals surface area (Å²) in [5.74, 6) is -1.23. The lowest BCUT2D eigenvalue weighted by Crippen LogP contribution is -2.14. The Morgan fingerprint density at radius 2 is 1.90 bits per heavy atom. The number of carboxylic acids is 1. The van der Waals surface area contributed by atoms with Crippen LogP contribution >= 0.6 is 11.6 Å². The molecule has 0 bridgehead atoms. The molecule has 4 aromatic rings. The zero-order valence-corrected chi connectivity index (χ0v) is 17.1. The number of halogens is 1. The van der Waals surface area contributed by atoms with Gasteiger partial charge in [-0.1, -0.05) is 54.1 Å². The summed E-state index contributed by atoms with van der Waals surface area (Å²) < 4.78 is 0. The van der Waals surface area contributed by atoms with Crippen LogP contribution in [0, 0.1) is 0 Å². The first-order valence-electron chi connectivity index (χ1n) is 9.51. The number of benzene rings is 2. The highest BCUT2D eigenvalue weighted by atomic mass is 35.5. The third kappa shape index (κ3) is 4.82. The van der Waals surface area contributed by atoms with Crippen LogP contribution < -0.4 is 5.32 Å². The number of anilines is 1. The minimum Gasteiger partial charge on any atom is -0.478 e. The molecule has 0 atom stereocenters. The average molecular weight is 432 g/mol. The molecule has 0 unspecified atom stereocenters. The number of pyridine rings is 1. The van der Waals surface area contributed by atoms with Gasteiger partial charge in [0, 0.05) is 22.2 Å². The van der Waals surface area contributed by atoms with Crippen LogP contribution in [-0.4, -0.2) is 27.0 Å². The lowest BCUT2D eigenvalue weighted by molar-refractivity contribution is -0.130. The number of carbonyl (C=O) groups is 2. The predicted octanol–water partition coefficient (Wildman–Crippen LogP) is 5.02. The first-order chi connectivity index (χ1) is 15.0. The first kappa shape index (κ1) is 20.4. The normalized spacial score (nSPS) is 11.5. The number of nitrogens with one attached hydrogen (secondary N) is 2. The molecule has 3 N–H and O–H groups in total. The van der Waals surface area contributed by atoms with E-state index in [1.807, 2.05) is 12.1 Å². The number of carboxylic acid groups (broad SMARTS) is 1. The van der Waals surface area contributed by atoms with Crippen LogP contribution in [0.3, 0.4) is 0 Å². The molecule has 154 valence electrons. The van der Waals surface area contributed by atoms with E-state index in [9.17, 15) is 14.7 Å². The monoisotopic (exact) mass is 431 g/mol. The van der Waals surface area contributed by atoms with Gasteiger partial charge in [0.1, 0.15) is 5.65 Å². The Morgan fingerprint density at radius 3 is 2.65 bits per heavy atom. The largest absolute Gasteiger partial charge is 0.478 e. The number of H-pyrrole nitrogens is 1. The number of hydrogen-bond donors (Lipinski definition) is 3. The Balaban J connectivity index is 1.61. The smallest absolute Gasteiger partial charge is 0.336 e. The summed E-state index contributed by atoms with van der Waals surface area (Å²) in [7, 11) is 0.